The first-order valence-corrected chi connectivity index (χ1v) is 31.4. The van der Waals surface area contributed by atoms with Crippen LogP contribution in [0.25, 0.3) is 166 Å². The molecule has 0 spiro atoms. The van der Waals surface area contributed by atoms with Gasteiger partial charge >= 0.3 is 0 Å². The normalized spacial score (nSPS) is 11.9. The lowest BCUT2D eigenvalue weighted by atomic mass is 9.97. The predicted octanol–water partition coefficient (Wildman–Crippen LogP) is 21.2. The lowest BCUT2D eigenvalue weighted by molar-refractivity contribution is 1.13. The Labute approximate surface area is 530 Å². The van der Waals surface area contributed by atoms with E-state index < -0.39 is 0 Å². The summed E-state index contributed by atoms with van der Waals surface area (Å²) in [5, 5.41) is 9.57. The lowest BCUT2D eigenvalue weighted by Gasteiger charge is -2.20. The van der Waals surface area contributed by atoms with Crippen LogP contribution in [0, 0.1) is 27.7 Å². The van der Waals surface area contributed by atoms with Gasteiger partial charge in [-0.25, -0.2) is 9.97 Å². The Bertz CT molecular complexity index is 5730. The number of pyridine rings is 2. The Hall–Kier alpha value is -12.0. The van der Waals surface area contributed by atoms with Crippen LogP contribution in [0.2, 0.25) is 0 Å². The van der Waals surface area contributed by atoms with Gasteiger partial charge in [0.05, 0.1) is 90.7 Å². The molecule has 0 bridgehead atoms. The van der Waals surface area contributed by atoms with E-state index in [1.54, 1.807) is 0 Å². The molecule has 0 aliphatic carbocycles. The summed E-state index contributed by atoms with van der Waals surface area (Å²) in [5.41, 5.74) is 26.4. The van der Waals surface area contributed by atoms with Crippen molar-refractivity contribution < 1.29 is 0 Å². The highest BCUT2D eigenvalue weighted by Crippen LogP contribution is 2.46. The third-order valence-corrected chi connectivity index (χ3v) is 18.8. The van der Waals surface area contributed by atoms with Crippen LogP contribution >= 0.6 is 0 Å². The van der Waals surface area contributed by atoms with Gasteiger partial charge in [-0.3, -0.25) is 9.97 Å². The van der Waals surface area contributed by atoms with Crippen molar-refractivity contribution in [2.75, 3.05) is 0 Å². The summed E-state index contributed by atoms with van der Waals surface area (Å²) >= 11 is 0. The third kappa shape index (κ3) is 8.30. The minimum atomic E-state index is 0.606. The monoisotopic (exact) mass is 1180 g/mol. The first-order valence-electron chi connectivity index (χ1n) is 31.4. The number of nitrogens with zero attached hydrogens (tertiary/aromatic N) is 8. The molecule has 0 aliphatic heterocycles. The lowest BCUT2D eigenvalue weighted by Crippen LogP contribution is -2.04. The summed E-state index contributed by atoms with van der Waals surface area (Å²) < 4.78 is 9.67. The molecule has 0 atom stereocenters. The van der Waals surface area contributed by atoms with E-state index in [0.717, 1.165) is 117 Å². The summed E-state index contributed by atoms with van der Waals surface area (Å²) in [6.45, 7) is 8.68. The number of hydrogen-bond acceptors (Lipinski definition) is 4. The summed E-state index contributed by atoms with van der Waals surface area (Å²) in [7, 11) is 0. The summed E-state index contributed by atoms with van der Waals surface area (Å²) in [6.07, 6.45) is 7.89. The fraction of sp³-hybridized carbons (Fsp3) is 0.0476. The van der Waals surface area contributed by atoms with Crippen molar-refractivity contribution in [1.29, 1.82) is 0 Å². The highest BCUT2D eigenvalue weighted by Gasteiger charge is 2.26. The van der Waals surface area contributed by atoms with Gasteiger partial charge in [-0.2, -0.15) is 0 Å². The Morgan fingerprint density at radius 3 is 0.978 bits per heavy atom. The molecule has 7 heterocycles. The Morgan fingerprint density at radius 1 is 0.239 bits per heavy atom. The van der Waals surface area contributed by atoms with E-state index in [0.29, 0.717) is 5.82 Å². The van der Waals surface area contributed by atoms with Crippen molar-refractivity contribution in [2.24, 2.45) is 0 Å². The van der Waals surface area contributed by atoms with Gasteiger partial charge in [-0.1, -0.05) is 174 Å². The first kappa shape index (κ1) is 53.1. The Balaban J connectivity index is 0.891. The van der Waals surface area contributed by atoms with E-state index in [2.05, 4.69) is 301 Å². The van der Waals surface area contributed by atoms with E-state index in [1.165, 1.54) is 65.3 Å². The molecule has 0 saturated heterocycles. The van der Waals surface area contributed by atoms with Gasteiger partial charge in [-0.15, -0.1) is 0 Å². The minimum Gasteiger partial charge on any atom is -0.309 e. The van der Waals surface area contributed by atoms with Crippen molar-refractivity contribution in [1.82, 2.24) is 38.2 Å². The second-order valence-corrected chi connectivity index (χ2v) is 24.6. The fourth-order valence-corrected chi connectivity index (χ4v) is 14.6. The number of fused-ring (bicyclic) bond motifs is 12. The molecule has 0 saturated carbocycles. The molecule has 92 heavy (non-hydrogen) atoms. The van der Waals surface area contributed by atoms with Crippen molar-refractivity contribution in [2.45, 2.75) is 27.7 Å². The number of rotatable bonds is 9. The third-order valence-electron chi connectivity index (χ3n) is 18.8. The molecule has 0 N–H and O–H groups in total. The van der Waals surface area contributed by atoms with Crippen LogP contribution in [-0.4, -0.2) is 38.2 Å². The van der Waals surface area contributed by atoms with E-state index in [4.69, 9.17) is 19.9 Å². The van der Waals surface area contributed by atoms with Crippen LogP contribution in [-0.2, 0) is 0 Å². The van der Waals surface area contributed by atoms with Crippen LogP contribution in [0.5, 0.6) is 0 Å². The molecule has 8 nitrogen and oxygen atoms in total. The molecule has 0 aliphatic rings. The molecule has 0 radical (unpaired) electrons. The van der Waals surface area contributed by atoms with Crippen LogP contribution in [0.15, 0.2) is 280 Å². The zero-order valence-electron chi connectivity index (χ0n) is 51.1. The van der Waals surface area contributed by atoms with Crippen LogP contribution in [0.1, 0.15) is 22.3 Å². The maximum absolute atomic E-state index is 5.73. The fourth-order valence-electron chi connectivity index (χ4n) is 14.6. The number of hydrogen-bond donors (Lipinski definition) is 0. The molecular weight excluding hydrogens is 1120 g/mol. The number of para-hydroxylation sites is 4. The topological polar surface area (TPSA) is 71.3 Å². The van der Waals surface area contributed by atoms with Crippen molar-refractivity contribution in [3.05, 3.63) is 302 Å². The number of benzene rings is 11. The maximum atomic E-state index is 5.73. The average molecular weight is 1180 g/mol. The summed E-state index contributed by atoms with van der Waals surface area (Å²) in [5.74, 6) is 0.606. The predicted molar refractivity (Wildman–Crippen MR) is 381 cm³/mol. The van der Waals surface area contributed by atoms with Gasteiger partial charge in [0.15, 0.2) is 5.82 Å². The number of aryl methyl sites for hydroxylation is 4. The zero-order valence-corrected chi connectivity index (χ0v) is 51.1. The standard InChI is InChI=1S/C84H58N8/c1-51-26-34-76-66(42-51)58-18-8-12-22-72(58)89(76)80-46-56(30-32-62(80)64-38-40-85-49-82(64)91-74-24-14-10-20-60(74)68-44-53(3)28-36-78(68)91)71-48-70(55-16-6-5-7-17-55)87-84(88-71)57-31-33-63(81(47-57)90-73-23-13-9-19-59(73)67-43-52(2)27-35-77(67)90)65-39-41-86-50-83(65)92-75-25-15-11-21-61(75)69-45-54(4)29-37-79(69)92/h5-50H,1-4H3. The molecule has 0 amide bonds. The molecule has 11 aromatic carbocycles. The molecule has 8 heteroatoms. The van der Waals surface area contributed by atoms with Crippen molar-refractivity contribution >= 4 is 87.2 Å². The summed E-state index contributed by atoms with van der Waals surface area (Å²) in [4.78, 5) is 21.0. The second kappa shape index (κ2) is 20.8. The Morgan fingerprint density at radius 2 is 0.565 bits per heavy atom. The minimum absolute atomic E-state index is 0.606. The SMILES string of the molecule is Cc1ccc2c(c1)c1ccccc1n2-c1cnccc1-c1ccc(-c2cc(-c3ccccc3)nc(-c3ccc(-c4ccncc4-n4c5ccccc5c5cc(C)ccc54)c(-n4c5ccccc5c5cc(C)ccc54)c3)n2)cc1-n1c2ccccc2c2cc(C)ccc21. The van der Waals surface area contributed by atoms with Gasteiger partial charge in [0.2, 0.25) is 0 Å². The van der Waals surface area contributed by atoms with Gasteiger partial charge in [0, 0.05) is 94.4 Å². The van der Waals surface area contributed by atoms with E-state index in [-0.39, 0.29) is 0 Å². The molecule has 7 aromatic heterocycles. The molecular formula is C84H58N8. The zero-order chi connectivity index (χ0) is 61.3. The molecule has 18 aromatic rings. The van der Waals surface area contributed by atoms with Crippen LogP contribution in [0.4, 0.5) is 0 Å². The van der Waals surface area contributed by atoms with Gasteiger partial charge in [0.25, 0.3) is 0 Å². The number of aromatic nitrogens is 8. The van der Waals surface area contributed by atoms with Crippen molar-refractivity contribution in [3.8, 4) is 78.9 Å². The largest absolute Gasteiger partial charge is 0.309 e. The van der Waals surface area contributed by atoms with Gasteiger partial charge in [-0.05, 0) is 131 Å². The molecule has 434 valence electrons. The smallest absolute Gasteiger partial charge is 0.160 e. The average Bonchev–Trinajstić information content (AvgIpc) is 1.54. The van der Waals surface area contributed by atoms with E-state index >= 15 is 0 Å². The Kier molecular flexibility index (Phi) is 12.0. The maximum Gasteiger partial charge on any atom is 0.160 e. The van der Waals surface area contributed by atoms with E-state index in [1.807, 2.05) is 24.8 Å². The molecule has 18 rings (SSSR count). The summed E-state index contributed by atoms with van der Waals surface area (Å²) in [6, 6.07) is 92.8. The van der Waals surface area contributed by atoms with Gasteiger partial charge in [0.1, 0.15) is 0 Å². The molecule has 0 unspecified atom stereocenters. The first-order chi connectivity index (χ1) is 45.3. The highest BCUT2D eigenvalue weighted by atomic mass is 15.0. The van der Waals surface area contributed by atoms with E-state index in [9.17, 15) is 0 Å². The molecule has 0 fully saturated rings. The highest BCUT2D eigenvalue weighted by molar-refractivity contribution is 6.14. The van der Waals surface area contributed by atoms with Crippen LogP contribution < -0.4 is 0 Å². The quantitative estimate of drug-likeness (QED) is 0.144. The van der Waals surface area contributed by atoms with Gasteiger partial charge < -0.3 is 18.3 Å². The second-order valence-electron chi connectivity index (χ2n) is 24.6. The van der Waals surface area contributed by atoms with Crippen molar-refractivity contribution in [3.63, 3.8) is 0 Å². The van der Waals surface area contributed by atoms with Crippen LogP contribution in [0.3, 0.4) is 0 Å².